The summed E-state index contributed by atoms with van der Waals surface area (Å²) in [5.74, 6) is -0.322. The van der Waals surface area contributed by atoms with Gasteiger partial charge in [-0.1, -0.05) is 0 Å². The zero-order valence-corrected chi connectivity index (χ0v) is 9.56. The molecule has 1 fully saturated rings. The van der Waals surface area contributed by atoms with E-state index in [-0.39, 0.29) is 24.9 Å². The number of nitrogens with zero attached hydrogens (tertiary/aromatic N) is 1. The minimum Gasteiger partial charge on any atom is -0.353 e. The van der Waals surface area contributed by atoms with Crippen molar-refractivity contribution >= 4 is 17.5 Å². The highest BCUT2D eigenvalue weighted by Gasteiger charge is 2.23. The summed E-state index contributed by atoms with van der Waals surface area (Å²) >= 11 is 0. The Balaban J connectivity index is 1.94. The minimum absolute atomic E-state index is 0.113. The van der Waals surface area contributed by atoms with Gasteiger partial charge < -0.3 is 10.6 Å². The average Bonchev–Trinajstić information content (AvgIpc) is 2.40. The van der Waals surface area contributed by atoms with Crippen LogP contribution in [0.15, 0.2) is 24.3 Å². The van der Waals surface area contributed by atoms with Crippen LogP contribution in [0, 0.1) is 11.3 Å². The lowest BCUT2D eigenvalue weighted by molar-refractivity contribution is -0.124. The number of hydrogen-bond acceptors (Lipinski definition) is 4. The molecule has 92 valence electrons. The highest BCUT2D eigenvalue weighted by Crippen LogP contribution is 2.09. The molecule has 1 aliphatic rings. The summed E-state index contributed by atoms with van der Waals surface area (Å²) in [4.78, 5) is 22.8. The molecule has 0 saturated carbocycles. The number of piperazine rings is 1. The lowest BCUT2D eigenvalue weighted by atomic mass is 10.2. The number of nitriles is 1. The lowest BCUT2D eigenvalue weighted by Gasteiger charge is -2.23. The third-order valence-electron chi connectivity index (χ3n) is 2.61. The van der Waals surface area contributed by atoms with Gasteiger partial charge in [-0.15, -0.1) is 0 Å². The first kappa shape index (κ1) is 12.1. The van der Waals surface area contributed by atoms with Crippen molar-refractivity contribution in [2.75, 3.05) is 18.4 Å². The largest absolute Gasteiger partial charge is 0.353 e. The Labute approximate surface area is 104 Å². The smallest absolute Gasteiger partial charge is 0.243 e. The van der Waals surface area contributed by atoms with Crippen LogP contribution in [0.1, 0.15) is 5.56 Å². The van der Waals surface area contributed by atoms with Crippen LogP contribution in [0.3, 0.4) is 0 Å². The molecule has 1 aromatic carbocycles. The molecule has 1 aliphatic heterocycles. The van der Waals surface area contributed by atoms with Gasteiger partial charge in [0, 0.05) is 12.2 Å². The van der Waals surface area contributed by atoms with Crippen molar-refractivity contribution in [3.63, 3.8) is 0 Å². The first-order chi connectivity index (χ1) is 8.69. The maximum absolute atomic E-state index is 11.8. The first-order valence-electron chi connectivity index (χ1n) is 5.50. The average molecular weight is 244 g/mol. The van der Waals surface area contributed by atoms with Crippen LogP contribution in [0.5, 0.6) is 0 Å². The van der Waals surface area contributed by atoms with Crippen molar-refractivity contribution in [3.8, 4) is 6.07 Å². The van der Waals surface area contributed by atoms with Gasteiger partial charge in [-0.25, -0.2) is 0 Å². The lowest BCUT2D eigenvalue weighted by Crippen LogP contribution is -2.56. The number of amides is 2. The number of rotatable bonds is 2. The molecule has 0 spiro atoms. The predicted octanol–water partition coefficient (Wildman–Crippen LogP) is -0.415. The van der Waals surface area contributed by atoms with E-state index in [1.54, 1.807) is 24.3 Å². The van der Waals surface area contributed by atoms with Crippen LogP contribution in [-0.2, 0) is 9.59 Å². The van der Waals surface area contributed by atoms with E-state index in [4.69, 9.17) is 5.26 Å². The summed E-state index contributed by atoms with van der Waals surface area (Å²) in [5, 5.41) is 16.8. The fourth-order valence-corrected chi connectivity index (χ4v) is 1.61. The molecule has 1 aromatic rings. The number of hydrogen-bond donors (Lipinski definition) is 3. The Morgan fingerprint density at radius 3 is 2.67 bits per heavy atom. The predicted molar refractivity (Wildman–Crippen MR) is 64.6 cm³/mol. The van der Waals surface area contributed by atoms with Crippen molar-refractivity contribution in [1.29, 1.82) is 5.26 Å². The summed E-state index contributed by atoms with van der Waals surface area (Å²) in [6, 6.07) is 8.16. The van der Waals surface area contributed by atoms with E-state index in [0.29, 0.717) is 11.3 Å². The van der Waals surface area contributed by atoms with Crippen LogP contribution >= 0.6 is 0 Å². The number of carbonyl (C=O) groups is 2. The molecule has 0 aliphatic carbocycles. The van der Waals surface area contributed by atoms with Crippen molar-refractivity contribution in [2.45, 2.75) is 6.04 Å². The molecule has 0 radical (unpaired) electrons. The van der Waals surface area contributed by atoms with Crippen LogP contribution in [0.25, 0.3) is 0 Å². The molecular weight excluding hydrogens is 232 g/mol. The van der Waals surface area contributed by atoms with E-state index in [0.717, 1.165) is 0 Å². The topological polar surface area (TPSA) is 94.0 Å². The summed E-state index contributed by atoms with van der Waals surface area (Å²) < 4.78 is 0. The van der Waals surface area contributed by atoms with E-state index in [1.165, 1.54) is 0 Å². The number of carbonyl (C=O) groups excluding carboxylic acids is 2. The number of nitrogens with one attached hydrogen (secondary N) is 3. The third kappa shape index (κ3) is 2.84. The molecule has 18 heavy (non-hydrogen) atoms. The highest BCUT2D eigenvalue weighted by molar-refractivity contribution is 5.96. The van der Waals surface area contributed by atoms with Gasteiger partial charge in [0.2, 0.25) is 11.8 Å². The van der Waals surface area contributed by atoms with E-state index >= 15 is 0 Å². The minimum atomic E-state index is -0.432. The molecule has 1 atom stereocenters. The van der Waals surface area contributed by atoms with E-state index in [1.807, 2.05) is 6.07 Å². The van der Waals surface area contributed by atoms with Gasteiger partial charge in [0.25, 0.3) is 0 Å². The molecule has 1 unspecified atom stereocenters. The van der Waals surface area contributed by atoms with Gasteiger partial charge in [0.05, 0.1) is 18.2 Å². The normalized spacial score (nSPS) is 18.6. The molecule has 2 rings (SSSR count). The molecule has 3 N–H and O–H groups in total. The maximum atomic E-state index is 11.8. The zero-order valence-electron chi connectivity index (χ0n) is 9.56. The molecular formula is C12H12N4O2. The van der Waals surface area contributed by atoms with Gasteiger partial charge in [-0.3, -0.25) is 14.9 Å². The van der Waals surface area contributed by atoms with Gasteiger partial charge in [-0.2, -0.15) is 5.26 Å². The quantitative estimate of drug-likeness (QED) is 0.659. The number of anilines is 1. The monoisotopic (exact) mass is 244 g/mol. The molecule has 6 nitrogen and oxygen atoms in total. The SMILES string of the molecule is N#Cc1ccc(NC(=O)C2CNC(=O)CN2)cc1. The third-order valence-corrected chi connectivity index (χ3v) is 2.61. The van der Waals surface area contributed by atoms with E-state index in [9.17, 15) is 9.59 Å². The van der Waals surface area contributed by atoms with Crippen molar-refractivity contribution < 1.29 is 9.59 Å². The Bertz CT molecular complexity index is 494. The second-order valence-electron chi connectivity index (χ2n) is 3.92. The fraction of sp³-hybridized carbons (Fsp3) is 0.250. The summed E-state index contributed by atoms with van der Waals surface area (Å²) in [5.41, 5.74) is 1.16. The second-order valence-corrected chi connectivity index (χ2v) is 3.92. The summed E-state index contributed by atoms with van der Waals surface area (Å²) in [7, 11) is 0. The van der Waals surface area contributed by atoms with Crippen LogP contribution < -0.4 is 16.0 Å². The van der Waals surface area contributed by atoms with Gasteiger partial charge in [0.15, 0.2) is 0 Å². The van der Waals surface area contributed by atoms with Gasteiger partial charge in [0.1, 0.15) is 6.04 Å². The Morgan fingerprint density at radius 2 is 2.11 bits per heavy atom. The van der Waals surface area contributed by atoms with Gasteiger partial charge >= 0.3 is 0 Å². The van der Waals surface area contributed by atoms with Gasteiger partial charge in [-0.05, 0) is 24.3 Å². The second kappa shape index (κ2) is 5.29. The van der Waals surface area contributed by atoms with Crippen LogP contribution in [0.4, 0.5) is 5.69 Å². The van der Waals surface area contributed by atoms with Crippen molar-refractivity contribution in [1.82, 2.24) is 10.6 Å². The molecule has 2 amide bonds. The molecule has 0 bridgehead atoms. The molecule has 1 saturated heterocycles. The van der Waals surface area contributed by atoms with E-state index in [2.05, 4.69) is 16.0 Å². The maximum Gasteiger partial charge on any atom is 0.243 e. The number of benzene rings is 1. The standard InChI is InChI=1S/C12H12N4O2/c13-5-8-1-3-9(4-2-8)16-12(18)10-6-15-11(17)7-14-10/h1-4,10,14H,6-7H2,(H,15,17)(H,16,18). The van der Waals surface area contributed by atoms with Crippen molar-refractivity contribution in [3.05, 3.63) is 29.8 Å². The van der Waals surface area contributed by atoms with Crippen molar-refractivity contribution in [2.24, 2.45) is 0 Å². The Kier molecular flexibility index (Phi) is 3.55. The summed E-state index contributed by atoms with van der Waals surface area (Å²) in [6.07, 6.45) is 0. The molecule has 1 heterocycles. The molecule has 0 aromatic heterocycles. The zero-order chi connectivity index (χ0) is 13.0. The first-order valence-corrected chi connectivity index (χ1v) is 5.50. The summed E-state index contributed by atoms with van der Waals surface area (Å²) in [6.45, 7) is 0.423. The Hall–Kier alpha value is -2.39. The molecule has 6 heteroatoms. The highest BCUT2D eigenvalue weighted by atomic mass is 16.2. The fourth-order valence-electron chi connectivity index (χ4n) is 1.61. The Morgan fingerprint density at radius 1 is 1.39 bits per heavy atom. The van der Waals surface area contributed by atoms with E-state index < -0.39 is 6.04 Å². The van der Waals surface area contributed by atoms with Crippen LogP contribution in [-0.4, -0.2) is 30.9 Å². The van der Waals surface area contributed by atoms with Crippen LogP contribution in [0.2, 0.25) is 0 Å².